The number of nitrogens with zero attached hydrogens (tertiary/aromatic N) is 2. The quantitative estimate of drug-likeness (QED) is 0.678. The number of unbranched alkanes of at least 4 members (excludes halogenated alkanes) is 1. The lowest BCUT2D eigenvalue weighted by Crippen LogP contribution is -2.23. The largest absolute Gasteiger partial charge is 0.380 e. The van der Waals surface area contributed by atoms with E-state index in [0.29, 0.717) is 12.2 Å². The highest BCUT2D eigenvalue weighted by Crippen LogP contribution is 2.17. The number of benzene rings is 1. The van der Waals surface area contributed by atoms with Gasteiger partial charge in [-0.25, -0.2) is 0 Å². The first-order valence-corrected chi connectivity index (χ1v) is 6.07. The topological polar surface area (TPSA) is 36.3 Å². The summed E-state index contributed by atoms with van der Waals surface area (Å²) in [6.07, 6.45) is 2.27. The molecular formula is C14H20N2O. The third kappa shape index (κ3) is 4.46. The van der Waals surface area contributed by atoms with Gasteiger partial charge in [-0.15, -0.1) is 0 Å². The molecule has 1 aromatic rings. The monoisotopic (exact) mass is 232 g/mol. The predicted molar refractivity (Wildman–Crippen MR) is 70.2 cm³/mol. The van der Waals surface area contributed by atoms with Crippen molar-refractivity contribution in [1.82, 2.24) is 0 Å². The van der Waals surface area contributed by atoms with Crippen molar-refractivity contribution in [2.24, 2.45) is 0 Å². The Balaban J connectivity index is 2.42. The Morgan fingerprint density at radius 2 is 2.06 bits per heavy atom. The van der Waals surface area contributed by atoms with Gasteiger partial charge in [-0.05, 0) is 18.6 Å². The zero-order valence-electron chi connectivity index (χ0n) is 10.6. The lowest BCUT2D eigenvalue weighted by Gasteiger charge is -2.20. The van der Waals surface area contributed by atoms with Crippen molar-refractivity contribution < 1.29 is 4.74 Å². The fraction of sp³-hybridized carbons (Fsp3) is 0.500. The van der Waals surface area contributed by atoms with Gasteiger partial charge in [-0.2, -0.15) is 5.26 Å². The molecule has 0 aliphatic carbocycles. The molecule has 0 heterocycles. The van der Waals surface area contributed by atoms with Crippen LogP contribution in [0.1, 0.15) is 25.3 Å². The standard InChI is InChI=1S/C14H20N2O/c1-3-4-10-17-11-9-16(2)14-8-6-5-7-13(14)12-15/h5-8H,3-4,9-11H2,1-2H3. The Hall–Kier alpha value is -1.53. The number of nitriles is 1. The van der Waals surface area contributed by atoms with Crippen LogP contribution in [0.15, 0.2) is 24.3 Å². The number of ether oxygens (including phenoxy) is 1. The highest BCUT2D eigenvalue weighted by Gasteiger charge is 2.05. The van der Waals surface area contributed by atoms with E-state index in [1.807, 2.05) is 31.3 Å². The van der Waals surface area contributed by atoms with Gasteiger partial charge in [0.05, 0.1) is 17.9 Å². The molecule has 0 fully saturated rings. The summed E-state index contributed by atoms with van der Waals surface area (Å²) in [4.78, 5) is 2.06. The fourth-order valence-corrected chi connectivity index (χ4v) is 1.57. The molecule has 0 atom stereocenters. The van der Waals surface area contributed by atoms with Crippen LogP contribution in [0.4, 0.5) is 5.69 Å². The second-order valence-electron chi connectivity index (χ2n) is 4.02. The van der Waals surface area contributed by atoms with Crippen molar-refractivity contribution >= 4 is 5.69 Å². The third-order valence-corrected chi connectivity index (χ3v) is 2.65. The lowest BCUT2D eigenvalue weighted by molar-refractivity contribution is 0.138. The summed E-state index contributed by atoms with van der Waals surface area (Å²) in [6.45, 7) is 4.49. The molecule has 0 radical (unpaired) electrons. The van der Waals surface area contributed by atoms with E-state index in [0.717, 1.165) is 31.7 Å². The minimum atomic E-state index is 0.705. The molecule has 92 valence electrons. The van der Waals surface area contributed by atoms with Gasteiger partial charge in [-0.1, -0.05) is 25.5 Å². The van der Waals surface area contributed by atoms with Crippen molar-refractivity contribution in [2.75, 3.05) is 31.7 Å². The third-order valence-electron chi connectivity index (χ3n) is 2.65. The van der Waals surface area contributed by atoms with E-state index in [1.165, 1.54) is 0 Å². The summed E-state index contributed by atoms with van der Waals surface area (Å²) in [7, 11) is 1.99. The van der Waals surface area contributed by atoms with Gasteiger partial charge in [-0.3, -0.25) is 0 Å². The maximum atomic E-state index is 9.00. The molecule has 0 unspecified atom stereocenters. The van der Waals surface area contributed by atoms with E-state index in [9.17, 15) is 0 Å². The molecule has 0 spiro atoms. The number of rotatable bonds is 7. The summed E-state index contributed by atoms with van der Waals surface area (Å²) < 4.78 is 5.52. The summed E-state index contributed by atoms with van der Waals surface area (Å²) >= 11 is 0. The highest BCUT2D eigenvalue weighted by atomic mass is 16.5. The van der Waals surface area contributed by atoms with Gasteiger partial charge in [0.25, 0.3) is 0 Å². The molecule has 0 aromatic heterocycles. The molecule has 0 saturated heterocycles. The molecule has 1 rings (SSSR count). The van der Waals surface area contributed by atoms with Crippen molar-refractivity contribution in [3.05, 3.63) is 29.8 Å². The van der Waals surface area contributed by atoms with Gasteiger partial charge in [0.1, 0.15) is 6.07 Å². The molecule has 0 aliphatic rings. The fourth-order valence-electron chi connectivity index (χ4n) is 1.57. The number of likely N-dealkylation sites (N-methyl/N-ethyl adjacent to an activating group) is 1. The smallest absolute Gasteiger partial charge is 0.101 e. The second-order valence-corrected chi connectivity index (χ2v) is 4.02. The van der Waals surface area contributed by atoms with E-state index in [4.69, 9.17) is 10.00 Å². The van der Waals surface area contributed by atoms with Crippen molar-refractivity contribution in [3.63, 3.8) is 0 Å². The normalized spacial score (nSPS) is 9.94. The maximum absolute atomic E-state index is 9.00. The Morgan fingerprint density at radius 3 is 2.76 bits per heavy atom. The maximum Gasteiger partial charge on any atom is 0.101 e. The average molecular weight is 232 g/mol. The molecule has 0 amide bonds. The van der Waals surface area contributed by atoms with Crippen LogP contribution in [0.3, 0.4) is 0 Å². The van der Waals surface area contributed by atoms with E-state index in [-0.39, 0.29) is 0 Å². The average Bonchev–Trinajstić information content (AvgIpc) is 2.38. The first kappa shape index (κ1) is 13.5. The van der Waals surface area contributed by atoms with E-state index < -0.39 is 0 Å². The van der Waals surface area contributed by atoms with E-state index in [2.05, 4.69) is 17.9 Å². The number of para-hydroxylation sites is 1. The predicted octanol–water partition coefficient (Wildman–Crippen LogP) is 2.81. The number of hydrogen-bond donors (Lipinski definition) is 0. The zero-order valence-corrected chi connectivity index (χ0v) is 10.6. The Morgan fingerprint density at radius 1 is 1.29 bits per heavy atom. The zero-order chi connectivity index (χ0) is 12.5. The summed E-state index contributed by atoms with van der Waals surface area (Å²) in [5.41, 5.74) is 1.68. The molecule has 0 N–H and O–H groups in total. The second kappa shape index (κ2) is 7.70. The van der Waals surface area contributed by atoms with E-state index >= 15 is 0 Å². The molecule has 3 heteroatoms. The van der Waals surface area contributed by atoms with Crippen LogP contribution >= 0.6 is 0 Å². The first-order valence-electron chi connectivity index (χ1n) is 6.07. The van der Waals surface area contributed by atoms with Crippen molar-refractivity contribution in [3.8, 4) is 6.07 Å². The summed E-state index contributed by atoms with van der Waals surface area (Å²) in [5.74, 6) is 0. The van der Waals surface area contributed by atoms with Crippen LogP contribution in [0.2, 0.25) is 0 Å². The molecule has 3 nitrogen and oxygen atoms in total. The van der Waals surface area contributed by atoms with Crippen LogP contribution in [-0.4, -0.2) is 26.8 Å². The summed E-state index contributed by atoms with van der Waals surface area (Å²) in [5, 5.41) is 9.00. The Labute approximate surface area is 104 Å². The van der Waals surface area contributed by atoms with Gasteiger partial charge in [0.15, 0.2) is 0 Å². The van der Waals surface area contributed by atoms with Gasteiger partial charge < -0.3 is 9.64 Å². The molecule has 17 heavy (non-hydrogen) atoms. The summed E-state index contributed by atoms with van der Waals surface area (Å²) in [6, 6.07) is 9.84. The van der Waals surface area contributed by atoms with Gasteiger partial charge in [0, 0.05) is 20.2 Å². The molecule has 1 aromatic carbocycles. The van der Waals surface area contributed by atoms with Gasteiger partial charge in [0.2, 0.25) is 0 Å². The Bertz CT molecular complexity index is 371. The van der Waals surface area contributed by atoms with Crippen LogP contribution in [0, 0.1) is 11.3 Å². The molecule has 0 saturated carbocycles. The minimum absolute atomic E-state index is 0.705. The molecular weight excluding hydrogens is 212 g/mol. The van der Waals surface area contributed by atoms with Crippen LogP contribution < -0.4 is 4.90 Å². The molecule has 0 aliphatic heterocycles. The SMILES string of the molecule is CCCCOCCN(C)c1ccccc1C#N. The van der Waals surface area contributed by atoms with Crippen LogP contribution in [-0.2, 0) is 4.74 Å². The van der Waals surface area contributed by atoms with Gasteiger partial charge >= 0.3 is 0 Å². The molecule has 0 bridgehead atoms. The highest BCUT2D eigenvalue weighted by molar-refractivity contribution is 5.58. The van der Waals surface area contributed by atoms with Crippen LogP contribution in [0.25, 0.3) is 0 Å². The lowest BCUT2D eigenvalue weighted by atomic mass is 10.2. The number of anilines is 1. The van der Waals surface area contributed by atoms with Crippen molar-refractivity contribution in [2.45, 2.75) is 19.8 Å². The first-order chi connectivity index (χ1) is 8.29. The minimum Gasteiger partial charge on any atom is -0.380 e. The number of hydrogen-bond acceptors (Lipinski definition) is 3. The van der Waals surface area contributed by atoms with Crippen LogP contribution in [0.5, 0.6) is 0 Å². The van der Waals surface area contributed by atoms with E-state index in [1.54, 1.807) is 0 Å². The van der Waals surface area contributed by atoms with Crippen molar-refractivity contribution in [1.29, 1.82) is 5.26 Å². The Kier molecular flexibility index (Phi) is 6.13.